The lowest BCUT2D eigenvalue weighted by molar-refractivity contribution is 0.424. The molecule has 0 fully saturated rings. The fraction of sp³-hybridized carbons (Fsp3) is 0.500. The van der Waals surface area contributed by atoms with Crippen LogP contribution in [-0.4, -0.2) is 24.9 Å². The van der Waals surface area contributed by atoms with Gasteiger partial charge in [-0.15, -0.1) is 10.2 Å². The van der Waals surface area contributed by atoms with Crippen molar-refractivity contribution in [1.82, 2.24) is 24.9 Å². The summed E-state index contributed by atoms with van der Waals surface area (Å²) in [6, 6.07) is 0.401. The molecule has 80 valence electrons. The minimum absolute atomic E-state index is 0.401. The van der Waals surface area contributed by atoms with Crippen molar-refractivity contribution in [2.24, 2.45) is 0 Å². The second-order valence-electron chi connectivity index (χ2n) is 3.03. The van der Waals surface area contributed by atoms with E-state index in [4.69, 9.17) is 4.52 Å². The Morgan fingerprint density at radius 3 is 3.07 bits per heavy atom. The molecule has 7 heteroatoms. The van der Waals surface area contributed by atoms with E-state index in [-0.39, 0.29) is 0 Å². The maximum atomic E-state index is 4.91. The van der Waals surface area contributed by atoms with Crippen LogP contribution < -0.4 is 5.32 Å². The number of hydrogen-bond acceptors (Lipinski definition) is 6. The number of aryl methyl sites for hydroxylation is 2. The molecule has 0 aromatic carbocycles. The molecule has 0 radical (unpaired) electrons. The molecule has 0 aliphatic heterocycles. The molecule has 0 atom stereocenters. The number of aromatic nitrogens is 5. The van der Waals surface area contributed by atoms with Crippen LogP contribution in [0.1, 0.15) is 18.6 Å². The lowest BCUT2D eigenvalue weighted by Crippen LogP contribution is -2.07. The van der Waals surface area contributed by atoms with Crippen molar-refractivity contribution in [3.63, 3.8) is 0 Å². The first kappa shape index (κ1) is 9.63. The molecule has 0 saturated carbocycles. The lowest BCUT2D eigenvalue weighted by Gasteiger charge is -2.02. The normalized spacial score (nSPS) is 10.5. The SMILES string of the molecule is CCn1cnnc1CNc1nc(C)no1. The first-order valence-corrected chi connectivity index (χ1v) is 4.70. The zero-order valence-electron chi connectivity index (χ0n) is 8.64. The average molecular weight is 208 g/mol. The van der Waals surface area contributed by atoms with E-state index >= 15 is 0 Å². The second kappa shape index (κ2) is 4.07. The molecule has 0 unspecified atom stereocenters. The zero-order chi connectivity index (χ0) is 10.7. The molecule has 2 aromatic heterocycles. The summed E-state index contributed by atoms with van der Waals surface area (Å²) in [5.41, 5.74) is 0. The Hall–Kier alpha value is -1.92. The van der Waals surface area contributed by atoms with Crippen molar-refractivity contribution in [2.45, 2.75) is 26.9 Å². The molecule has 2 rings (SSSR count). The molecule has 15 heavy (non-hydrogen) atoms. The largest absolute Gasteiger partial charge is 0.330 e. The fourth-order valence-corrected chi connectivity index (χ4v) is 1.20. The van der Waals surface area contributed by atoms with Crippen LogP contribution in [0.3, 0.4) is 0 Å². The van der Waals surface area contributed by atoms with E-state index in [0.717, 1.165) is 12.4 Å². The van der Waals surface area contributed by atoms with Gasteiger partial charge in [0.25, 0.3) is 0 Å². The third kappa shape index (κ3) is 2.12. The molecule has 0 amide bonds. The summed E-state index contributed by atoms with van der Waals surface area (Å²) in [7, 11) is 0. The van der Waals surface area contributed by atoms with Crippen LogP contribution in [0.15, 0.2) is 10.9 Å². The zero-order valence-corrected chi connectivity index (χ0v) is 8.64. The monoisotopic (exact) mass is 208 g/mol. The molecule has 0 spiro atoms. The maximum Gasteiger partial charge on any atom is 0.321 e. The first-order chi connectivity index (χ1) is 7.29. The second-order valence-corrected chi connectivity index (χ2v) is 3.03. The summed E-state index contributed by atoms with van der Waals surface area (Å²) in [6.07, 6.45) is 1.69. The Morgan fingerprint density at radius 2 is 2.40 bits per heavy atom. The number of rotatable bonds is 4. The van der Waals surface area contributed by atoms with Crippen molar-refractivity contribution < 1.29 is 4.52 Å². The number of nitrogens with one attached hydrogen (secondary N) is 1. The van der Waals surface area contributed by atoms with Crippen molar-refractivity contribution in [3.05, 3.63) is 18.0 Å². The van der Waals surface area contributed by atoms with E-state index in [0.29, 0.717) is 18.4 Å². The molecule has 2 aromatic rings. The van der Waals surface area contributed by atoms with Crippen LogP contribution in [0.5, 0.6) is 0 Å². The third-order valence-electron chi connectivity index (χ3n) is 1.96. The predicted octanol–water partition coefficient (Wildman–Crippen LogP) is 0.602. The standard InChI is InChI=1S/C8H12N6O/c1-3-14-5-10-12-7(14)4-9-8-11-6(2)13-15-8/h5H,3-4H2,1-2H3,(H,9,11,13). The van der Waals surface area contributed by atoms with Crippen LogP contribution >= 0.6 is 0 Å². The van der Waals surface area contributed by atoms with Crippen molar-refractivity contribution in [3.8, 4) is 0 Å². The van der Waals surface area contributed by atoms with E-state index < -0.39 is 0 Å². The topological polar surface area (TPSA) is 81.7 Å². The van der Waals surface area contributed by atoms with Gasteiger partial charge in [0, 0.05) is 6.54 Å². The smallest absolute Gasteiger partial charge is 0.321 e. The fourth-order valence-electron chi connectivity index (χ4n) is 1.20. The summed E-state index contributed by atoms with van der Waals surface area (Å²) < 4.78 is 6.85. The van der Waals surface area contributed by atoms with E-state index in [9.17, 15) is 0 Å². The van der Waals surface area contributed by atoms with Crippen molar-refractivity contribution in [2.75, 3.05) is 5.32 Å². The van der Waals surface area contributed by atoms with Gasteiger partial charge in [-0.1, -0.05) is 5.16 Å². The molecule has 0 bridgehead atoms. The maximum absolute atomic E-state index is 4.91. The van der Waals surface area contributed by atoms with Gasteiger partial charge in [0.15, 0.2) is 11.6 Å². The highest BCUT2D eigenvalue weighted by atomic mass is 16.5. The molecule has 0 saturated heterocycles. The first-order valence-electron chi connectivity index (χ1n) is 4.70. The van der Waals surface area contributed by atoms with Crippen LogP contribution in [0.4, 0.5) is 6.01 Å². The molecule has 0 aliphatic carbocycles. The van der Waals surface area contributed by atoms with Crippen LogP contribution in [-0.2, 0) is 13.1 Å². The summed E-state index contributed by atoms with van der Waals surface area (Å²) in [5.74, 6) is 1.45. The molecule has 7 nitrogen and oxygen atoms in total. The summed E-state index contributed by atoms with van der Waals surface area (Å²) in [4.78, 5) is 4.02. The Morgan fingerprint density at radius 1 is 1.53 bits per heavy atom. The summed E-state index contributed by atoms with van der Waals surface area (Å²) in [5, 5.41) is 14.4. The lowest BCUT2D eigenvalue weighted by atomic mass is 10.5. The van der Waals surface area contributed by atoms with Crippen molar-refractivity contribution >= 4 is 6.01 Å². The third-order valence-corrected chi connectivity index (χ3v) is 1.96. The highest BCUT2D eigenvalue weighted by Gasteiger charge is 2.05. The Balaban J connectivity index is 1.98. The van der Waals surface area contributed by atoms with E-state index in [2.05, 4.69) is 25.7 Å². The van der Waals surface area contributed by atoms with Crippen LogP contribution in [0.2, 0.25) is 0 Å². The Labute approximate surface area is 86.5 Å². The van der Waals surface area contributed by atoms with Gasteiger partial charge in [-0.3, -0.25) is 0 Å². The predicted molar refractivity (Wildman–Crippen MR) is 52.1 cm³/mol. The van der Waals surface area contributed by atoms with E-state index in [1.54, 1.807) is 13.3 Å². The molecule has 2 heterocycles. The highest BCUT2D eigenvalue weighted by molar-refractivity contribution is 5.18. The number of hydrogen-bond donors (Lipinski definition) is 1. The van der Waals surface area contributed by atoms with Gasteiger partial charge >= 0.3 is 6.01 Å². The van der Waals surface area contributed by atoms with E-state index in [1.807, 2.05) is 11.5 Å². The van der Waals surface area contributed by atoms with Crippen LogP contribution in [0.25, 0.3) is 0 Å². The Kier molecular flexibility index (Phi) is 2.61. The van der Waals surface area contributed by atoms with Gasteiger partial charge < -0.3 is 14.4 Å². The van der Waals surface area contributed by atoms with Gasteiger partial charge in [0.1, 0.15) is 6.33 Å². The average Bonchev–Trinajstić information content (AvgIpc) is 2.83. The number of nitrogens with zero attached hydrogens (tertiary/aromatic N) is 5. The molecular formula is C8H12N6O. The quantitative estimate of drug-likeness (QED) is 0.792. The summed E-state index contributed by atoms with van der Waals surface area (Å²) >= 11 is 0. The summed E-state index contributed by atoms with van der Waals surface area (Å²) in [6.45, 7) is 5.16. The van der Waals surface area contributed by atoms with Crippen molar-refractivity contribution in [1.29, 1.82) is 0 Å². The van der Waals surface area contributed by atoms with Gasteiger partial charge in [0.05, 0.1) is 6.54 Å². The molecular weight excluding hydrogens is 196 g/mol. The Bertz CT molecular complexity index is 434. The van der Waals surface area contributed by atoms with E-state index in [1.165, 1.54) is 0 Å². The minimum atomic E-state index is 0.401. The van der Waals surface area contributed by atoms with Gasteiger partial charge in [-0.2, -0.15) is 4.98 Å². The van der Waals surface area contributed by atoms with Crippen LogP contribution in [0, 0.1) is 6.92 Å². The number of anilines is 1. The minimum Gasteiger partial charge on any atom is -0.330 e. The van der Waals surface area contributed by atoms with Gasteiger partial charge in [-0.05, 0) is 13.8 Å². The van der Waals surface area contributed by atoms with Gasteiger partial charge in [0.2, 0.25) is 0 Å². The molecule has 1 N–H and O–H groups in total. The molecule has 0 aliphatic rings. The van der Waals surface area contributed by atoms with Gasteiger partial charge in [-0.25, -0.2) is 0 Å². The highest BCUT2D eigenvalue weighted by Crippen LogP contribution is 2.04.